The molecule has 0 unspecified atom stereocenters. The SMILES string of the molecule is N#CC[C@@H]1CN(I)CCN1. The Balaban J connectivity index is 2.27. The third-order valence-corrected chi connectivity index (χ3v) is 2.42. The molecule has 1 fully saturated rings. The highest BCUT2D eigenvalue weighted by atomic mass is 127. The average Bonchev–Trinajstić information content (AvgIpc) is 1.88. The molecule has 0 bridgehead atoms. The molecule has 0 radical (unpaired) electrons. The van der Waals surface area contributed by atoms with Gasteiger partial charge in [-0.3, -0.25) is 0 Å². The monoisotopic (exact) mass is 251 g/mol. The Hall–Kier alpha value is 0.140. The van der Waals surface area contributed by atoms with Gasteiger partial charge in [0.05, 0.1) is 12.5 Å². The average molecular weight is 251 g/mol. The summed E-state index contributed by atoms with van der Waals surface area (Å²) < 4.78 is 2.22. The Morgan fingerprint density at radius 1 is 1.80 bits per heavy atom. The summed E-state index contributed by atoms with van der Waals surface area (Å²) in [5.41, 5.74) is 0. The number of halogens is 1. The molecule has 0 spiro atoms. The van der Waals surface area contributed by atoms with Gasteiger partial charge >= 0.3 is 0 Å². The van der Waals surface area contributed by atoms with Crippen LogP contribution in [0.3, 0.4) is 0 Å². The minimum atomic E-state index is 0.385. The molecule has 0 aromatic carbocycles. The van der Waals surface area contributed by atoms with E-state index < -0.39 is 0 Å². The van der Waals surface area contributed by atoms with Gasteiger partial charge in [0.15, 0.2) is 0 Å². The van der Waals surface area contributed by atoms with Gasteiger partial charge in [0.1, 0.15) is 0 Å². The summed E-state index contributed by atoms with van der Waals surface area (Å²) in [6.45, 7) is 3.09. The molecule has 3 nitrogen and oxygen atoms in total. The number of nitrogens with zero attached hydrogens (tertiary/aromatic N) is 2. The number of rotatable bonds is 1. The second-order valence-electron chi connectivity index (χ2n) is 2.38. The molecule has 1 heterocycles. The van der Waals surface area contributed by atoms with E-state index in [9.17, 15) is 0 Å². The first-order valence-electron chi connectivity index (χ1n) is 3.34. The molecule has 4 heteroatoms. The molecule has 1 aliphatic heterocycles. The van der Waals surface area contributed by atoms with Crippen LogP contribution in [0.1, 0.15) is 6.42 Å². The zero-order chi connectivity index (χ0) is 7.40. The van der Waals surface area contributed by atoms with Gasteiger partial charge in [-0.2, -0.15) is 5.26 Å². The van der Waals surface area contributed by atoms with E-state index in [1.54, 1.807) is 0 Å². The van der Waals surface area contributed by atoms with Crippen LogP contribution in [0.25, 0.3) is 0 Å². The molecule has 1 aliphatic rings. The zero-order valence-electron chi connectivity index (χ0n) is 5.68. The Kier molecular flexibility index (Phi) is 3.39. The topological polar surface area (TPSA) is 39.1 Å². The second kappa shape index (κ2) is 4.11. The van der Waals surface area contributed by atoms with Crippen LogP contribution in [0.4, 0.5) is 0 Å². The summed E-state index contributed by atoms with van der Waals surface area (Å²) in [4.78, 5) is 0. The second-order valence-corrected chi connectivity index (χ2v) is 3.75. The van der Waals surface area contributed by atoms with Crippen LogP contribution in [0.2, 0.25) is 0 Å². The van der Waals surface area contributed by atoms with Gasteiger partial charge in [-0.15, -0.1) is 0 Å². The van der Waals surface area contributed by atoms with E-state index in [1.807, 2.05) is 0 Å². The van der Waals surface area contributed by atoms with Gasteiger partial charge in [0.2, 0.25) is 0 Å². The van der Waals surface area contributed by atoms with Crippen molar-refractivity contribution in [2.24, 2.45) is 0 Å². The summed E-state index contributed by atoms with van der Waals surface area (Å²) in [5, 5.41) is 11.7. The standard InChI is InChI=1S/C6H10IN3/c7-10-4-3-9-6(5-10)1-2-8/h6,9H,1,3-5H2/t6-/m1/s1. The molecular weight excluding hydrogens is 241 g/mol. The third kappa shape index (κ3) is 2.40. The number of nitriles is 1. The van der Waals surface area contributed by atoms with Crippen molar-refractivity contribution in [2.75, 3.05) is 19.6 Å². The minimum absolute atomic E-state index is 0.385. The van der Waals surface area contributed by atoms with Gasteiger partial charge < -0.3 is 5.32 Å². The van der Waals surface area contributed by atoms with E-state index in [2.05, 4.69) is 37.4 Å². The van der Waals surface area contributed by atoms with E-state index in [4.69, 9.17) is 5.26 Å². The molecule has 0 aliphatic carbocycles. The fourth-order valence-corrected chi connectivity index (χ4v) is 1.75. The van der Waals surface area contributed by atoms with Crippen LogP contribution in [0, 0.1) is 11.3 Å². The summed E-state index contributed by atoms with van der Waals surface area (Å²) in [5.74, 6) is 0. The van der Waals surface area contributed by atoms with Crippen molar-refractivity contribution < 1.29 is 0 Å². The van der Waals surface area contributed by atoms with Gasteiger partial charge in [0.25, 0.3) is 0 Å². The van der Waals surface area contributed by atoms with Gasteiger partial charge in [0, 0.05) is 48.5 Å². The Morgan fingerprint density at radius 3 is 3.20 bits per heavy atom. The minimum Gasteiger partial charge on any atom is -0.310 e. The van der Waals surface area contributed by atoms with Crippen LogP contribution >= 0.6 is 22.9 Å². The summed E-state index contributed by atoms with van der Waals surface area (Å²) in [6, 6.07) is 2.55. The fourth-order valence-electron chi connectivity index (χ4n) is 1.03. The predicted octanol–water partition coefficient (Wildman–Crippen LogP) is 0.524. The Morgan fingerprint density at radius 2 is 2.60 bits per heavy atom. The number of nitrogens with one attached hydrogen (secondary N) is 1. The van der Waals surface area contributed by atoms with Crippen molar-refractivity contribution in [1.82, 2.24) is 8.43 Å². The number of piperazine rings is 1. The highest BCUT2D eigenvalue weighted by molar-refractivity contribution is 14.1. The van der Waals surface area contributed by atoms with E-state index in [0.717, 1.165) is 19.6 Å². The highest BCUT2D eigenvalue weighted by Crippen LogP contribution is 2.06. The molecule has 10 heavy (non-hydrogen) atoms. The molecule has 56 valence electrons. The van der Waals surface area contributed by atoms with Gasteiger partial charge in [-0.05, 0) is 0 Å². The summed E-state index contributed by atoms with van der Waals surface area (Å²) >= 11 is 2.30. The van der Waals surface area contributed by atoms with Gasteiger partial charge in [-0.25, -0.2) is 3.11 Å². The third-order valence-electron chi connectivity index (χ3n) is 1.54. The van der Waals surface area contributed by atoms with E-state index in [-0.39, 0.29) is 0 Å². The van der Waals surface area contributed by atoms with Crippen molar-refractivity contribution in [3.05, 3.63) is 0 Å². The number of hydrogen-bond acceptors (Lipinski definition) is 3. The Labute approximate surface area is 74.9 Å². The first-order valence-corrected chi connectivity index (χ1v) is 4.30. The van der Waals surface area contributed by atoms with E-state index >= 15 is 0 Å². The smallest absolute Gasteiger partial charge is 0.0638 e. The van der Waals surface area contributed by atoms with Crippen LogP contribution in [-0.2, 0) is 0 Å². The van der Waals surface area contributed by atoms with Crippen LogP contribution < -0.4 is 5.32 Å². The van der Waals surface area contributed by atoms with Crippen molar-refractivity contribution in [3.8, 4) is 6.07 Å². The van der Waals surface area contributed by atoms with Crippen LogP contribution in [-0.4, -0.2) is 28.8 Å². The maximum Gasteiger partial charge on any atom is 0.0638 e. The molecule has 0 aromatic heterocycles. The normalized spacial score (nSPS) is 27.8. The maximum atomic E-state index is 8.39. The molecule has 1 rings (SSSR count). The van der Waals surface area contributed by atoms with Crippen molar-refractivity contribution >= 4 is 22.9 Å². The molecule has 1 saturated heterocycles. The van der Waals surface area contributed by atoms with Crippen LogP contribution in [0.15, 0.2) is 0 Å². The van der Waals surface area contributed by atoms with Crippen molar-refractivity contribution in [3.63, 3.8) is 0 Å². The molecule has 0 aromatic rings. The lowest BCUT2D eigenvalue weighted by Gasteiger charge is -2.27. The molecule has 1 N–H and O–H groups in total. The van der Waals surface area contributed by atoms with E-state index in [0.29, 0.717) is 12.5 Å². The van der Waals surface area contributed by atoms with Gasteiger partial charge in [-0.1, -0.05) is 0 Å². The number of hydrogen-bond donors (Lipinski definition) is 1. The maximum absolute atomic E-state index is 8.39. The lowest BCUT2D eigenvalue weighted by Crippen LogP contribution is -2.46. The first-order chi connectivity index (χ1) is 4.83. The molecule has 1 atom stereocenters. The summed E-state index contributed by atoms with van der Waals surface area (Å²) in [6.07, 6.45) is 0.625. The summed E-state index contributed by atoms with van der Waals surface area (Å²) in [7, 11) is 0. The fraction of sp³-hybridized carbons (Fsp3) is 0.833. The largest absolute Gasteiger partial charge is 0.310 e. The predicted molar refractivity (Wildman–Crippen MR) is 47.6 cm³/mol. The molecule has 0 saturated carbocycles. The first kappa shape index (κ1) is 8.24. The molecule has 0 amide bonds. The van der Waals surface area contributed by atoms with Crippen molar-refractivity contribution in [1.29, 1.82) is 5.26 Å². The lowest BCUT2D eigenvalue weighted by molar-refractivity contribution is 0.343. The van der Waals surface area contributed by atoms with Crippen molar-refractivity contribution in [2.45, 2.75) is 12.5 Å². The Bertz CT molecular complexity index is 142. The molecular formula is C6H10IN3. The van der Waals surface area contributed by atoms with E-state index in [1.165, 1.54) is 0 Å². The quantitative estimate of drug-likeness (QED) is 0.545. The lowest BCUT2D eigenvalue weighted by atomic mass is 10.2. The van der Waals surface area contributed by atoms with Crippen LogP contribution in [0.5, 0.6) is 0 Å². The zero-order valence-corrected chi connectivity index (χ0v) is 7.84. The highest BCUT2D eigenvalue weighted by Gasteiger charge is 2.15.